The van der Waals surface area contributed by atoms with Gasteiger partial charge in [-0.1, -0.05) is 26.0 Å². The molecule has 1 heterocycles. The summed E-state index contributed by atoms with van der Waals surface area (Å²) >= 11 is 0. The summed E-state index contributed by atoms with van der Waals surface area (Å²) in [7, 11) is 1.68. The highest BCUT2D eigenvalue weighted by Crippen LogP contribution is 2.31. The Kier molecular flexibility index (Phi) is 4.20. The summed E-state index contributed by atoms with van der Waals surface area (Å²) in [6.45, 7) is 5.53. The minimum atomic E-state index is 0.617. The zero-order valence-electron chi connectivity index (χ0n) is 13.2. The molecule has 1 aromatic heterocycles. The Hall–Kier alpha value is -1.48. The second-order valence-electron chi connectivity index (χ2n) is 6.44. The first-order valence-corrected chi connectivity index (χ1v) is 7.96. The third-order valence-corrected chi connectivity index (χ3v) is 4.94. The molecule has 3 atom stereocenters. The topological polar surface area (TPSA) is 34.4 Å². The average Bonchev–Trinajstić information content (AvgIpc) is 2.91. The number of ether oxygens (including phenoxy) is 1. The molecule has 0 radical (unpaired) electrons. The van der Waals surface area contributed by atoms with Gasteiger partial charge in [-0.15, -0.1) is 0 Å². The molecule has 1 aliphatic rings. The third-order valence-electron chi connectivity index (χ3n) is 4.94. The van der Waals surface area contributed by atoms with Crippen molar-refractivity contribution >= 4 is 11.0 Å². The van der Waals surface area contributed by atoms with E-state index in [2.05, 4.69) is 31.3 Å². The molecule has 21 heavy (non-hydrogen) atoms. The van der Waals surface area contributed by atoms with Gasteiger partial charge in [-0.2, -0.15) is 0 Å². The number of nitrogens with one attached hydrogen (secondary N) is 1. The molecule has 2 aromatic rings. The summed E-state index contributed by atoms with van der Waals surface area (Å²) < 4.78 is 11.3. The van der Waals surface area contributed by atoms with Gasteiger partial charge in [-0.25, -0.2) is 0 Å². The molecule has 0 spiro atoms. The van der Waals surface area contributed by atoms with Crippen LogP contribution < -0.4 is 10.1 Å². The fraction of sp³-hybridized carbons (Fsp3) is 0.556. The summed E-state index contributed by atoms with van der Waals surface area (Å²) in [5.41, 5.74) is 0.849. The van der Waals surface area contributed by atoms with E-state index in [1.54, 1.807) is 7.11 Å². The second kappa shape index (κ2) is 6.10. The summed E-state index contributed by atoms with van der Waals surface area (Å²) in [5.74, 6) is 3.46. The normalized spacial score (nSPS) is 26.1. The van der Waals surface area contributed by atoms with Crippen LogP contribution in [-0.2, 0) is 6.54 Å². The number of benzene rings is 1. The Balaban J connectivity index is 1.66. The monoisotopic (exact) mass is 287 g/mol. The first-order valence-electron chi connectivity index (χ1n) is 7.96. The average molecular weight is 287 g/mol. The SMILES string of the molecule is COc1cccc2cc(CNC3CCC(C)C(C)C3)oc12. The van der Waals surface area contributed by atoms with Gasteiger partial charge in [0.05, 0.1) is 13.7 Å². The van der Waals surface area contributed by atoms with E-state index in [0.29, 0.717) is 6.04 Å². The quantitative estimate of drug-likeness (QED) is 0.907. The lowest BCUT2D eigenvalue weighted by molar-refractivity contribution is 0.223. The van der Waals surface area contributed by atoms with Gasteiger partial charge in [0.15, 0.2) is 11.3 Å². The van der Waals surface area contributed by atoms with Crippen LogP contribution in [0.1, 0.15) is 38.9 Å². The van der Waals surface area contributed by atoms with Gasteiger partial charge in [0.1, 0.15) is 5.76 Å². The van der Waals surface area contributed by atoms with Gasteiger partial charge < -0.3 is 14.5 Å². The molecule has 1 saturated carbocycles. The Morgan fingerprint density at radius 1 is 1.24 bits per heavy atom. The van der Waals surface area contributed by atoms with E-state index in [0.717, 1.165) is 40.9 Å². The van der Waals surface area contributed by atoms with E-state index in [1.165, 1.54) is 19.3 Å². The van der Waals surface area contributed by atoms with Crippen molar-refractivity contribution in [1.82, 2.24) is 5.32 Å². The molecule has 0 aliphatic heterocycles. The van der Waals surface area contributed by atoms with Crippen LogP contribution in [0.25, 0.3) is 11.0 Å². The highest BCUT2D eigenvalue weighted by molar-refractivity contribution is 5.83. The molecular formula is C18H25NO2. The molecule has 1 N–H and O–H groups in total. The van der Waals surface area contributed by atoms with E-state index in [9.17, 15) is 0 Å². The molecule has 3 rings (SSSR count). The summed E-state index contributed by atoms with van der Waals surface area (Å²) in [5, 5.41) is 4.76. The van der Waals surface area contributed by atoms with Crippen molar-refractivity contribution < 1.29 is 9.15 Å². The first kappa shape index (κ1) is 14.5. The molecule has 3 heteroatoms. The number of rotatable bonds is 4. The fourth-order valence-corrected chi connectivity index (χ4v) is 3.32. The fourth-order valence-electron chi connectivity index (χ4n) is 3.32. The van der Waals surface area contributed by atoms with Crippen LogP contribution in [0.4, 0.5) is 0 Å². The van der Waals surface area contributed by atoms with Crippen LogP contribution in [-0.4, -0.2) is 13.2 Å². The summed E-state index contributed by atoms with van der Waals surface area (Å²) in [6, 6.07) is 8.73. The standard InChI is InChI=1S/C18H25NO2/c1-12-7-8-15(9-13(12)2)19-11-16-10-14-5-4-6-17(20-3)18(14)21-16/h4-6,10,12-13,15,19H,7-9,11H2,1-3H3. The Morgan fingerprint density at radius 3 is 2.86 bits per heavy atom. The molecule has 114 valence electrons. The zero-order valence-corrected chi connectivity index (χ0v) is 13.2. The van der Waals surface area contributed by atoms with Gasteiger partial charge in [0, 0.05) is 11.4 Å². The molecule has 0 saturated heterocycles. The van der Waals surface area contributed by atoms with Gasteiger partial charge in [-0.3, -0.25) is 0 Å². The van der Waals surface area contributed by atoms with E-state index in [1.807, 2.05) is 12.1 Å². The van der Waals surface area contributed by atoms with E-state index in [4.69, 9.17) is 9.15 Å². The second-order valence-corrected chi connectivity index (χ2v) is 6.44. The number of methoxy groups -OCH3 is 1. The Morgan fingerprint density at radius 2 is 2.10 bits per heavy atom. The molecule has 3 unspecified atom stereocenters. The smallest absolute Gasteiger partial charge is 0.176 e. The van der Waals surface area contributed by atoms with Crippen molar-refractivity contribution in [2.24, 2.45) is 11.8 Å². The number of fused-ring (bicyclic) bond motifs is 1. The predicted octanol–water partition coefficient (Wildman–Crippen LogP) is 4.36. The molecular weight excluding hydrogens is 262 g/mol. The van der Waals surface area contributed by atoms with Crippen molar-refractivity contribution in [3.05, 3.63) is 30.0 Å². The molecule has 1 aliphatic carbocycles. The highest BCUT2D eigenvalue weighted by Gasteiger charge is 2.24. The lowest BCUT2D eigenvalue weighted by Gasteiger charge is -2.32. The Labute approximate surface area is 126 Å². The molecule has 3 nitrogen and oxygen atoms in total. The van der Waals surface area contributed by atoms with Crippen LogP contribution in [0.15, 0.2) is 28.7 Å². The molecule has 1 fully saturated rings. The maximum Gasteiger partial charge on any atom is 0.176 e. The minimum Gasteiger partial charge on any atom is -0.493 e. The molecule has 0 amide bonds. The van der Waals surface area contributed by atoms with Crippen LogP contribution in [0.5, 0.6) is 5.75 Å². The number of hydrogen-bond donors (Lipinski definition) is 1. The van der Waals surface area contributed by atoms with Crippen molar-refractivity contribution in [1.29, 1.82) is 0 Å². The minimum absolute atomic E-state index is 0.617. The maximum absolute atomic E-state index is 5.94. The van der Waals surface area contributed by atoms with Gasteiger partial charge in [0.25, 0.3) is 0 Å². The predicted molar refractivity (Wildman–Crippen MR) is 85.6 cm³/mol. The number of para-hydroxylation sites is 1. The van der Waals surface area contributed by atoms with Gasteiger partial charge in [-0.05, 0) is 43.2 Å². The van der Waals surface area contributed by atoms with Crippen LogP contribution in [0.2, 0.25) is 0 Å². The lowest BCUT2D eigenvalue weighted by Crippen LogP contribution is -2.35. The van der Waals surface area contributed by atoms with Crippen LogP contribution in [0, 0.1) is 11.8 Å². The largest absolute Gasteiger partial charge is 0.493 e. The van der Waals surface area contributed by atoms with E-state index in [-0.39, 0.29) is 0 Å². The van der Waals surface area contributed by atoms with E-state index < -0.39 is 0 Å². The number of hydrogen-bond acceptors (Lipinski definition) is 3. The number of furan rings is 1. The molecule has 0 bridgehead atoms. The molecule has 1 aromatic carbocycles. The van der Waals surface area contributed by atoms with Crippen LogP contribution in [0.3, 0.4) is 0 Å². The Bertz CT molecular complexity index is 604. The van der Waals surface area contributed by atoms with Crippen LogP contribution >= 0.6 is 0 Å². The van der Waals surface area contributed by atoms with Crippen molar-refractivity contribution in [2.45, 2.75) is 45.7 Å². The van der Waals surface area contributed by atoms with Crippen molar-refractivity contribution in [2.75, 3.05) is 7.11 Å². The van der Waals surface area contributed by atoms with Gasteiger partial charge >= 0.3 is 0 Å². The van der Waals surface area contributed by atoms with E-state index >= 15 is 0 Å². The summed E-state index contributed by atoms with van der Waals surface area (Å²) in [4.78, 5) is 0. The van der Waals surface area contributed by atoms with Crippen molar-refractivity contribution in [3.63, 3.8) is 0 Å². The highest BCUT2D eigenvalue weighted by atomic mass is 16.5. The lowest BCUT2D eigenvalue weighted by atomic mass is 9.79. The van der Waals surface area contributed by atoms with Crippen molar-refractivity contribution in [3.8, 4) is 5.75 Å². The first-order chi connectivity index (χ1) is 10.2. The third kappa shape index (κ3) is 3.08. The van der Waals surface area contributed by atoms with Gasteiger partial charge in [0.2, 0.25) is 0 Å². The maximum atomic E-state index is 5.94. The summed E-state index contributed by atoms with van der Waals surface area (Å²) in [6.07, 6.45) is 3.87. The zero-order chi connectivity index (χ0) is 14.8.